The van der Waals surface area contributed by atoms with Crippen LogP contribution in [0.4, 0.5) is 0 Å². The Labute approximate surface area is 172 Å². The van der Waals surface area contributed by atoms with Crippen LogP contribution in [0.5, 0.6) is 0 Å². The molecule has 6 nitrogen and oxygen atoms in total. The smallest absolute Gasteiger partial charge is 0.259 e. The van der Waals surface area contributed by atoms with Crippen molar-refractivity contribution in [3.8, 4) is 11.4 Å². The molecule has 5 rings (SSSR count). The minimum Gasteiger partial charge on any atom is -0.334 e. The van der Waals surface area contributed by atoms with Crippen LogP contribution >= 0.6 is 0 Å². The standard InChI is InChI=1S/C24H17N5O/c1-4-10-17(11-5-1)21(20-16-25-29-27-20)22(18-12-6-2-7-13-18)24-26-23(28-30-24)19-14-8-3-9-15-19/h1-16H,(H,25,27,29). The second-order valence-electron chi connectivity index (χ2n) is 6.63. The predicted molar refractivity (Wildman–Crippen MR) is 114 cm³/mol. The van der Waals surface area contributed by atoms with Crippen molar-refractivity contribution in [2.45, 2.75) is 0 Å². The highest BCUT2D eigenvalue weighted by atomic mass is 16.5. The number of benzene rings is 3. The molecule has 0 aliphatic rings. The zero-order chi connectivity index (χ0) is 20.2. The zero-order valence-corrected chi connectivity index (χ0v) is 15.9. The highest BCUT2D eigenvalue weighted by Gasteiger charge is 2.22. The van der Waals surface area contributed by atoms with E-state index < -0.39 is 0 Å². The Morgan fingerprint density at radius 1 is 0.700 bits per heavy atom. The number of hydrogen-bond acceptors (Lipinski definition) is 5. The fraction of sp³-hybridized carbons (Fsp3) is 0. The predicted octanol–water partition coefficient (Wildman–Crippen LogP) is 4.86. The van der Waals surface area contributed by atoms with Gasteiger partial charge in [0.1, 0.15) is 5.69 Å². The summed E-state index contributed by atoms with van der Waals surface area (Å²) in [5, 5.41) is 15.3. The normalized spacial score (nSPS) is 11.9. The first-order valence-electron chi connectivity index (χ1n) is 9.51. The molecule has 6 heteroatoms. The van der Waals surface area contributed by atoms with Crippen molar-refractivity contribution in [1.82, 2.24) is 25.6 Å². The monoisotopic (exact) mass is 391 g/mol. The summed E-state index contributed by atoms with van der Waals surface area (Å²) in [6, 6.07) is 29.7. The minimum atomic E-state index is 0.418. The maximum Gasteiger partial charge on any atom is 0.259 e. The van der Waals surface area contributed by atoms with Crippen LogP contribution in [-0.4, -0.2) is 25.6 Å². The maximum atomic E-state index is 5.76. The van der Waals surface area contributed by atoms with Crippen molar-refractivity contribution in [3.05, 3.63) is 120 Å². The number of nitrogens with zero attached hydrogens (tertiary/aromatic N) is 4. The van der Waals surface area contributed by atoms with Crippen LogP contribution < -0.4 is 0 Å². The van der Waals surface area contributed by atoms with Gasteiger partial charge in [-0.15, -0.1) is 0 Å². The molecule has 0 atom stereocenters. The molecule has 0 aliphatic heterocycles. The molecule has 0 unspecified atom stereocenters. The fourth-order valence-corrected chi connectivity index (χ4v) is 3.36. The minimum absolute atomic E-state index is 0.418. The van der Waals surface area contributed by atoms with Crippen molar-refractivity contribution in [2.75, 3.05) is 0 Å². The van der Waals surface area contributed by atoms with E-state index in [2.05, 4.69) is 20.6 Å². The highest BCUT2D eigenvalue weighted by molar-refractivity contribution is 6.02. The van der Waals surface area contributed by atoms with Gasteiger partial charge in [0.15, 0.2) is 0 Å². The summed E-state index contributed by atoms with van der Waals surface area (Å²) in [6.07, 6.45) is 1.69. The molecule has 5 aromatic rings. The highest BCUT2D eigenvalue weighted by Crippen LogP contribution is 2.35. The third-order valence-corrected chi connectivity index (χ3v) is 4.72. The molecule has 0 saturated carbocycles. The number of aromatic amines is 1. The van der Waals surface area contributed by atoms with Gasteiger partial charge in [0.25, 0.3) is 5.89 Å². The van der Waals surface area contributed by atoms with E-state index in [1.165, 1.54) is 0 Å². The molecule has 0 radical (unpaired) electrons. The average Bonchev–Trinajstić information content (AvgIpc) is 3.52. The van der Waals surface area contributed by atoms with Crippen LogP contribution in [0.1, 0.15) is 22.7 Å². The fourth-order valence-electron chi connectivity index (χ4n) is 3.36. The Balaban J connectivity index is 1.78. The molecule has 0 saturated heterocycles. The molecule has 2 heterocycles. The summed E-state index contributed by atoms with van der Waals surface area (Å²) in [5.41, 5.74) is 5.17. The molecule has 144 valence electrons. The van der Waals surface area contributed by atoms with Gasteiger partial charge in [0.2, 0.25) is 5.82 Å². The van der Waals surface area contributed by atoms with Gasteiger partial charge in [0.05, 0.1) is 11.8 Å². The second kappa shape index (κ2) is 7.97. The molecule has 0 bridgehead atoms. The number of H-pyrrole nitrogens is 1. The Kier molecular flexibility index (Phi) is 4.72. The van der Waals surface area contributed by atoms with Gasteiger partial charge in [0, 0.05) is 11.1 Å². The van der Waals surface area contributed by atoms with E-state index in [4.69, 9.17) is 9.51 Å². The van der Waals surface area contributed by atoms with Crippen LogP contribution in [0.2, 0.25) is 0 Å². The zero-order valence-electron chi connectivity index (χ0n) is 15.9. The molecule has 3 aromatic carbocycles. The second-order valence-corrected chi connectivity index (χ2v) is 6.63. The van der Waals surface area contributed by atoms with Crippen LogP contribution in [0.3, 0.4) is 0 Å². The maximum absolute atomic E-state index is 5.76. The van der Waals surface area contributed by atoms with Crippen molar-refractivity contribution in [3.63, 3.8) is 0 Å². The van der Waals surface area contributed by atoms with E-state index >= 15 is 0 Å². The lowest BCUT2D eigenvalue weighted by Crippen LogP contribution is -1.98. The molecule has 2 aromatic heterocycles. The molecule has 0 aliphatic carbocycles. The quantitative estimate of drug-likeness (QED) is 0.433. The molecule has 0 amide bonds. The third kappa shape index (κ3) is 3.42. The Bertz CT molecular complexity index is 1260. The van der Waals surface area contributed by atoms with Gasteiger partial charge in [-0.2, -0.15) is 20.4 Å². The van der Waals surface area contributed by atoms with Gasteiger partial charge < -0.3 is 4.52 Å². The Hall–Kier alpha value is -4.32. The number of nitrogens with one attached hydrogen (secondary N) is 1. The summed E-state index contributed by atoms with van der Waals surface area (Å²) >= 11 is 0. The topological polar surface area (TPSA) is 80.5 Å². The van der Waals surface area contributed by atoms with Crippen LogP contribution in [0.15, 0.2) is 102 Å². The summed E-state index contributed by atoms with van der Waals surface area (Å²) in [7, 11) is 0. The van der Waals surface area contributed by atoms with Crippen LogP contribution in [0.25, 0.3) is 22.5 Å². The number of hydrogen-bond donors (Lipinski definition) is 1. The van der Waals surface area contributed by atoms with E-state index in [1.54, 1.807) is 6.20 Å². The first-order chi connectivity index (χ1) is 14.9. The van der Waals surface area contributed by atoms with Gasteiger partial charge in [-0.05, 0) is 11.1 Å². The lowest BCUT2D eigenvalue weighted by molar-refractivity contribution is 0.409. The van der Waals surface area contributed by atoms with Gasteiger partial charge in [-0.25, -0.2) is 0 Å². The Morgan fingerprint density at radius 2 is 1.30 bits per heavy atom. The lowest BCUT2D eigenvalue weighted by atomic mass is 9.92. The van der Waals surface area contributed by atoms with E-state index in [0.717, 1.165) is 27.8 Å². The van der Waals surface area contributed by atoms with E-state index in [9.17, 15) is 0 Å². The van der Waals surface area contributed by atoms with Gasteiger partial charge >= 0.3 is 0 Å². The van der Waals surface area contributed by atoms with E-state index in [-0.39, 0.29) is 0 Å². The van der Waals surface area contributed by atoms with Gasteiger partial charge in [-0.3, -0.25) is 0 Å². The summed E-state index contributed by atoms with van der Waals surface area (Å²) in [5.74, 6) is 0.952. The van der Waals surface area contributed by atoms with E-state index in [0.29, 0.717) is 17.4 Å². The summed E-state index contributed by atoms with van der Waals surface area (Å²) in [6.45, 7) is 0. The van der Waals surface area contributed by atoms with E-state index in [1.807, 2.05) is 91.0 Å². The molecule has 30 heavy (non-hydrogen) atoms. The van der Waals surface area contributed by atoms with Crippen molar-refractivity contribution >= 4 is 11.1 Å². The van der Waals surface area contributed by atoms with Crippen molar-refractivity contribution in [2.24, 2.45) is 0 Å². The molecule has 0 fully saturated rings. The first-order valence-corrected chi connectivity index (χ1v) is 9.51. The number of rotatable bonds is 5. The molecular formula is C24H17N5O. The van der Waals surface area contributed by atoms with Crippen LogP contribution in [-0.2, 0) is 0 Å². The molecule has 0 spiro atoms. The van der Waals surface area contributed by atoms with Crippen molar-refractivity contribution in [1.29, 1.82) is 0 Å². The summed E-state index contributed by atoms with van der Waals surface area (Å²) < 4.78 is 5.76. The Morgan fingerprint density at radius 3 is 1.90 bits per heavy atom. The number of aromatic nitrogens is 5. The lowest BCUT2D eigenvalue weighted by Gasteiger charge is -2.12. The summed E-state index contributed by atoms with van der Waals surface area (Å²) in [4.78, 5) is 4.72. The SMILES string of the molecule is c1ccc(C(=C(c2ccccc2)c2nc(-c3ccccc3)no2)c2cn[nH]n2)cc1. The molecular weight excluding hydrogens is 374 g/mol. The van der Waals surface area contributed by atoms with Crippen LogP contribution in [0, 0.1) is 0 Å². The largest absolute Gasteiger partial charge is 0.334 e. The van der Waals surface area contributed by atoms with Gasteiger partial charge in [-0.1, -0.05) is 96.2 Å². The first kappa shape index (κ1) is 17.8. The van der Waals surface area contributed by atoms with Crippen molar-refractivity contribution < 1.29 is 4.52 Å². The molecule has 1 N–H and O–H groups in total. The average molecular weight is 391 g/mol. The third-order valence-electron chi connectivity index (χ3n) is 4.72.